The summed E-state index contributed by atoms with van der Waals surface area (Å²) in [4.78, 5) is 24.3. The Bertz CT molecular complexity index is 471. The van der Waals surface area contributed by atoms with Crippen molar-refractivity contribution in [2.75, 3.05) is 24.3 Å². The largest absolute Gasteiger partial charge is 0.341 e. The van der Waals surface area contributed by atoms with Gasteiger partial charge in [0.15, 0.2) is 0 Å². The van der Waals surface area contributed by atoms with Gasteiger partial charge in [0.1, 0.15) is 0 Å². The van der Waals surface area contributed by atoms with E-state index < -0.39 is 0 Å². The summed E-state index contributed by atoms with van der Waals surface area (Å²) in [5, 5.41) is 5.21. The highest BCUT2D eigenvalue weighted by molar-refractivity contribution is 5.97. The lowest BCUT2D eigenvalue weighted by Gasteiger charge is -2.26. The number of carbonyl (C=O) groups excluding carboxylic acids is 2. The van der Waals surface area contributed by atoms with Crippen LogP contribution in [0, 0.1) is 0 Å². The number of benzene rings is 1. The van der Waals surface area contributed by atoms with E-state index in [0.717, 1.165) is 23.4 Å². The van der Waals surface area contributed by atoms with Gasteiger partial charge < -0.3 is 15.5 Å². The Morgan fingerprint density at radius 2 is 2.12 bits per heavy atom. The van der Waals surface area contributed by atoms with Crippen LogP contribution in [0.3, 0.4) is 0 Å². The molecule has 5 nitrogen and oxygen atoms in total. The Balaban J connectivity index is 2.26. The molecule has 0 spiro atoms. The second-order valence-corrected chi connectivity index (χ2v) is 4.00. The molecule has 2 rings (SSSR count). The number of rotatable bonds is 1. The molecular formula is C12H15N3O2. The van der Waals surface area contributed by atoms with Gasteiger partial charge in [0.25, 0.3) is 0 Å². The standard InChI is InChI=1S/C12H15N3O2/c1-13-12(17)14-9-4-5-10-8(7-9)3-6-11(16)15(10)2/h4-5,7H,3,6H2,1-2H3,(H2,13,14,17). The molecule has 1 heterocycles. The van der Waals surface area contributed by atoms with Gasteiger partial charge in [-0.1, -0.05) is 0 Å². The molecule has 3 amide bonds. The summed E-state index contributed by atoms with van der Waals surface area (Å²) in [5.74, 6) is 0.129. The molecule has 1 aliphatic heterocycles. The first-order valence-corrected chi connectivity index (χ1v) is 5.50. The average Bonchev–Trinajstić information content (AvgIpc) is 2.34. The molecule has 1 aromatic carbocycles. The van der Waals surface area contributed by atoms with E-state index in [4.69, 9.17) is 0 Å². The third-order valence-electron chi connectivity index (χ3n) is 2.91. The van der Waals surface area contributed by atoms with E-state index in [0.29, 0.717) is 6.42 Å². The van der Waals surface area contributed by atoms with Crippen molar-refractivity contribution in [3.63, 3.8) is 0 Å². The summed E-state index contributed by atoms with van der Waals surface area (Å²) < 4.78 is 0. The van der Waals surface area contributed by atoms with Crippen molar-refractivity contribution in [3.05, 3.63) is 23.8 Å². The zero-order valence-electron chi connectivity index (χ0n) is 9.91. The normalized spacial score (nSPS) is 14.2. The number of hydrogen-bond donors (Lipinski definition) is 2. The Kier molecular flexibility index (Phi) is 2.99. The van der Waals surface area contributed by atoms with Gasteiger partial charge >= 0.3 is 6.03 Å². The maximum atomic E-state index is 11.5. The number of carbonyl (C=O) groups is 2. The highest BCUT2D eigenvalue weighted by Crippen LogP contribution is 2.29. The lowest BCUT2D eigenvalue weighted by molar-refractivity contribution is -0.118. The van der Waals surface area contributed by atoms with E-state index in [1.54, 1.807) is 25.1 Å². The van der Waals surface area contributed by atoms with Gasteiger partial charge in [0.05, 0.1) is 0 Å². The second kappa shape index (κ2) is 4.45. The van der Waals surface area contributed by atoms with Crippen LogP contribution in [0.4, 0.5) is 16.2 Å². The quantitative estimate of drug-likeness (QED) is 0.769. The molecule has 90 valence electrons. The summed E-state index contributed by atoms with van der Waals surface area (Å²) in [5.41, 5.74) is 2.75. The Labute approximate surface area is 99.8 Å². The Morgan fingerprint density at radius 1 is 1.35 bits per heavy atom. The van der Waals surface area contributed by atoms with Crippen LogP contribution in [0.5, 0.6) is 0 Å². The molecule has 0 aromatic heterocycles. The molecule has 2 N–H and O–H groups in total. The van der Waals surface area contributed by atoms with Gasteiger partial charge in [-0.05, 0) is 30.2 Å². The highest BCUT2D eigenvalue weighted by Gasteiger charge is 2.20. The second-order valence-electron chi connectivity index (χ2n) is 4.00. The molecule has 0 atom stereocenters. The van der Waals surface area contributed by atoms with E-state index >= 15 is 0 Å². The summed E-state index contributed by atoms with van der Waals surface area (Å²) in [6.07, 6.45) is 1.24. The van der Waals surface area contributed by atoms with Crippen LogP contribution < -0.4 is 15.5 Å². The number of nitrogens with zero attached hydrogens (tertiary/aromatic N) is 1. The molecule has 0 radical (unpaired) electrons. The number of aryl methyl sites for hydroxylation is 1. The fourth-order valence-corrected chi connectivity index (χ4v) is 1.93. The predicted octanol–water partition coefficient (Wildman–Crippen LogP) is 1.35. The van der Waals surface area contributed by atoms with Crippen LogP contribution in [-0.2, 0) is 11.2 Å². The van der Waals surface area contributed by atoms with Crippen LogP contribution in [0.1, 0.15) is 12.0 Å². The average molecular weight is 233 g/mol. The Hall–Kier alpha value is -2.04. The van der Waals surface area contributed by atoms with Crippen LogP contribution in [0.2, 0.25) is 0 Å². The first kappa shape index (κ1) is 11.4. The smallest absolute Gasteiger partial charge is 0.318 e. The van der Waals surface area contributed by atoms with E-state index in [9.17, 15) is 9.59 Å². The van der Waals surface area contributed by atoms with Gasteiger partial charge in [0.2, 0.25) is 5.91 Å². The van der Waals surface area contributed by atoms with Crippen molar-refractivity contribution in [1.29, 1.82) is 0 Å². The number of amides is 3. The van der Waals surface area contributed by atoms with Gasteiger partial charge in [-0.3, -0.25) is 4.79 Å². The fraction of sp³-hybridized carbons (Fsp3) is 0.333. The van der Waals surface area contributed by atoms with Crippen LogP contribution in [-0.4, -0.2) is 26.0 Å². The molecule has 0 saturated carbocycles. The first-order valence-electron chi connectivity index (χ1n) is 5.50. The highest BCUT2D eigenvalue weighted by atomic mass is 16.2. The Morgan fingerprint density at radius 3 is 2.82 bits per heavy atom. The lowest BCUT2D eigenvalue weighted by atomic mass is 10.0. The number of hydrogen-bond acceptors (Lipinski definition) is 2. The van der Waals surface area contributed by atoms with Crippen LogP contribution in [0.25, 0.3) is 0 Å². The monoisotopic (exact) mass is 233 g/mol. The van der Waals surface area contributed by atoms with E-state index in [2.05, 4.69) is 10.6 Å². The van der Waals surface area contributed by atoms with Crippen LogP contribution >= 0.6 is 0 Å². The van der Waals surface area contributed by atoms with Crippen molar-refractivity contribution >= 4 is 23.3 Å². The maximum Gasteiger partial charge on any atom is 0.318 e. The molecule has 5 heteroatoms. The van der Waals surface area contributed by atoms with E-state index in [1.807, 2.05) is 12.1 Å². The molecule has 0 fully saturated rings. The summed E-state index contributed by atoms with van der Waals surface area (Å²) in [7, 11) is 3.34. The minimum absolute atomic E-state index is 0.129. The molecule has 1 aliphatic rings. The molecule has 0 unspecified atom stereocenters. The number of fused-ring (bicyclic) bond motifs is 1. The SMILES string of the molecule is CNC(=O)Nc1ccc2c(c1)CCC(=O)N2C. The maximum absolute atomic E-state index is 11.5. The zero-order valence-corrected chi connectivity index (χ0v) is 9.91. The van der Waals surface area contributed by atoms with Gasteiger partial charge in [-0.15, -0.1) is 0 Å². The van der Waals surface area contributed by atoms with Gasteiger partial charge in [-0.2, -0.15) is 0 Å². The minimum atomic E-state index is -0.245. The predicted molar refractivity (Wildman–Crippen MR) is 66.3 cm³/mol. The third-order valence-corrected chi connectivity index (χ3v) is 2.91. The molecule has 1 aromatic rings. The van der Waals surface area contributed by atoms with Crippen molar-refractivity contribution < 1.29 is 9.59 Å². The number of anilines is 2. The molecule has 0 saturated heterocycles. The summed E-state index contributed by atoms with van der Waals surface area (Å²) in [6.45, 7) is 0. The third kappa shape index (κ3) is 2.22. The topological polar surface area (TPSA) is 61.4 Å². The molecule has 0 aliphatic carbocycles. The fourth-order valence-electron chi connectivity index (χ4n) is 1.93. The van der Waals surface area contributed by atoms with Crippen molar-refractivity contribution in [2.24, 2.45) is 0 Å². The molecular weight excluding hydrogens is 218 g/mol. The number of urea groups is 1. The number of nitrogens with one attached hydrogen (secondary N) is 2. The van der Waals surface area contributed by atoms with Crippen molar-refractivity contribution in [2.45, 2.75) is 12.8 Å². The van der Waals surface area contributed by atoms with E-state index in [-0.39, 0.29) is 11.9 Å². The van der Waals surface area contributed by atoms with Crippen molar-refractivity contribution in [1.82, 2.24) is 5.32 Å². The van der Waals surface area contributed by atoms with Gasteiger partial charge in [-0.25, -0.2) is 4.79 Å². The summed E-state index contributed by atoms with van der Waals surface area (Å²) in [6, 6.07) is 5.32. The lowest BCUT2D eigenvalue weighted by Crippen LogP contribution is -2.31. The zero-order chi connectivity index (χ0) is 12.4. The first-order chi connectivity index (χ1) is 8.11. The van der Waals surface area contributed by atoms with Crippen molar-refractivity contribution in [3.8, 4) is 0 Å². The van der Waals surface area contributed by atoms with E-state index in [1.165, 1.54) is 0 Å². The summed E-state index contributed by atoms with van der Waals surface area (Å²) >= 11 is 0. The molecule has 0 bridgehead atoms. The van der Waals surface area contributed by atoms with Gasteiger partial charge in [0, 0.05) is 31.9 Å². The molecule has 17 heavy (non-hydrogen) atoms. The minimum Gasteiger partial charge on any atom is -0.341 e. The van der Waals surface area contributed by atoms with Crippen LogP contribution in [0.15, 0.2) is 18.2 Å².